The molecule has 1 atom stereocenters. The second-order valence-electron chi connectivity index (χ2n) is 5.06. The number of hydrogen-bond acceptors (Lipinski definition) is 3. The fourth-order valence-electron chi connectivity index (χ4n) is 2.42. The van der Waals surface area contributed by atoms with Crippen LogP contribution in [0.1, 0.15) is 17.5 Å². The molecule has 0 spiro atoms. The number of rotatable bonds is 5. The predicted octanol–water partition coefficient (Wildman–Crippen LogP) is 3.50. The van der Waals surface area contributed by atoms with Crippen molar-refractivity contribution in [2.75, 3.05) is 13.2 Å². The van der Waals surface area contributed by atoms with E-state index in [2.05, 4.69) is 15.9 Å². The van der Waals surface area contributed by atoms with Crippen LogP contribution in [0.3, 0.4) is 0 Å². The minimum atomic E-state index is -2.61. The molecule has 1 aliphatic rings. The summed E-state index contributed by atoms with van der Waals surface area (Å²) in [5.41, 5.74) is 1.96. The molecule has 122 valence electrons. The largest absolute Gasteiger partial charge is 0.479 e. The first kappa shape index (κ1) is 17.4. The molecular weight excluding hydrogens is 370 g/mol. The molecule has 0 saturated carbocycles. The van der Waals surface area contributed by atoms with Crippen LogP contribution >= 0.6 is 15.9 Å². The molecule has 0 N–H and O–H groups in total. The zero-order valence-corrected chi connectivity index (χ0v) is 14.0. The van der Waals surface area contributed by atoms with Crippen molar-refractivity contribution >= 4 is 27.5 Å². The van der Waals surface area contributed by atoms with E-state index >= 15 is 0 Å². The van der Waals surface area contributed by atoms with E-state index < -0.39 is 17.8 Å². The maximum atomic E-state index is 12.8. The van der Waals surface area contributed by atoms with Gasteiger partial charge in [0.2, 0.25) is 5.91 Å². The summed E-state index contributed by atoms with van der Waals surface area (Å²) in [6, 6.07) is 6.97. The lowest BCUT2D eigenvalue weighted by Crippen LogP contribution is -2.41. The molecule has 1 aromatic rings. The molecule has 0 radical (unpaired) electrons. The number of benzene rings is 1. The maximum Gasteiger partial charge on any atom is 0.256 e. The number of halogens is 3. The van der Waals surface area contributed by atoms with Crippen LogP contribution in [0.4, 0.5) is 8.78 Å². The lowest BCUT2D eigenvalue weighted by molar-refractivity contribution is -0.129. The second-order valence-corrected chi connectivity index (χ2v) is 6.16. The summed E-state index contributed by atoms with van der Waals surface area (Å²) in [5.74, 6) is 0.154. The molecule has 4 nitrogen and oxygen atoms in total. The van der Waals surface area contributed by atoms with Crippen LogP contribution in [0.2, 0.25) is 0 Å². The minimum Gasteiger partial charge on any atom is -0.479 e. The number of nitrogens with zero attached hydrogens (tertiary/aromatic N) is 2. The van der Waals surface area contributed by atoms with Gasteiger partial charge in [-0.25, -0.2) is 8.78 Å². The summed E-state index contributed by atoms with van der Waals surface area (Å²) >= 11 is 3.21. The van der Waals surface area contributed by atoms with Gasteiger partial charge in [-0.05, 0) is 37.1 Å². The van der Waals surface area contributed by atoms with Crippen LogP contribution in [-0.2, 0) is 4.79 Å². The highest BCUT2D eigenvalue weighted by Gasteiger charge is 2.31. The summed E-state index contributed by atoms with van der Waals surface area (Å²) < 4.78 is 30.9. The van der Waals surface area contributed by atoms with Crippen LogP contribution < -0.4 is 4.74 Å². The quantitative estimate of drug-likeness (QED) is 0.730. The van der Waals surface area contributed by atoms with Gasteiger partial charge in [0, 0.05) is 11.3 Å². The number of ether oxygens (including phenoxy) is 1. The van der Waals surface area contributed by atoms with Crippen molar-refractivity contribution in [1.29, 1.82) is 5.26 Å². The van der Waals surface area contributed by atoms with E-state index in [9.17, 15) is 13.6 Å². The summed E-state index contributed by atoms with van der Waals surface area (Å²) in [4.78, 5) is 12.8. The normalized spacial score (nSPS) is 17.9. The second kappa shape index (κ2) is 7.55. The summed E-state index contributed by atoms with van der Waals surface area (Å²) in [6.45, 7) is 1.10. The zero-order valence-electron chi connectivity index (χ0n) is 12.4. The Bertz CT molecular complexity index is 671. The number of carbonyl (C=O) groups is 1. The fourth-order valence-corrected chi connectivity index (χ4v) is 2.86. The molecule has 2 rings (SSSR count). The van der Waals surface area contributed by atoms with Crippen molar-refractivity contribution in [2.24, 2.45) is 0 Å². The van der Waals surface area contributed by atoms with Gasteiger partial charge in [-0.3, -0.25) is 4.79 Å². The van der Waals surface area contributed by atoms with Crippen molar-refractivity contribution in [3.8, 4) is 11.8 Å². The van der Waals surface area contributed by atoms with E-state index in [1.54, 1.807) is 31.2 Å². The Labute approximate surface area is 141 Å². The van der Waals surface area contributed by atoms with E-state index in [0.29, 0.717) is 23.4 Å². The van der Waals surface area contributed by atoms with Gasteiger partial charge in [0.25, 0.3) is 6.43 Å². The highest BCUT2D eigenvalue weighted by molar-refractivity contribution is 9.10. The molecule has 1 heterocycles. The van der Waals surface area contributed by atoms with E-state index in [1.165, 1.54) is 0 Å². The Morgan fingerprint density at radius 1 is 1.52 bits per heavy atom. The number of carbonyl (C=O) groups excluding carboxylic acids is 1. The lowest BCUT2D eigenvalue weighted by Gasteiger charge is -2.31. The Hall–Kier alpha value is -1.94. The number of nitriles is 1. The minimum absolute atomic E-state index is 0.0667. The molecule has 1 aliphatic heterocycles. The van der Waals surface area contributed by atoms with Crippen molar-refractivity contribution in [3.63, 3.8) is 0 Å². The van der Waals surface area contributed by atoms with Crippen LogP contribution in [0.5, 0.6) is 5.75 Å². The molecule has 0 aliphatic carbocycles. The van der Waals surface area contributed by atoms with E-state index in [4.69, 9.17) is 10.00 Å². The number of hydrogen-bond donors (Lipinski definition) is 0. The van der Waals surface area contributed by atoms with Gasteiger partial charge in [0.05, 0.1) is 11.4 Å². The molecule has 1 amide bonds. The van der Waals surface area contributed by atoms with Crippen LogP contribution in [0, 0.1) is 18.3 Å². The van der Waals surface area contributed by atoms with Crippen molar-refractivity contribution < 1.29 is 18.3 Å². The molecular formula is C16H15BrF2N2O2. The smallest absolute Gasteiger partial charge is 0.256 e. The number of allylic oxidation sites excluding steroid dienone is 1. The van der Waals surface area contributed by atoms with Crippen LogP contribution in [0.25, 0.3) is 5.70 Å². The Kier molecular flexibility index (Phi) is 5.72. The van der Waals surface area contributed by atoms with E-state index in [0.717, 1.165) is 10.5 Å². The van der Waals surface area contributed by atoms with Crippen molar-refractivity contribution in [3.05, 3.63) is 35.4 Å². The Morgan fingerprint density at radius 2 is 2.26 bits per heavy atom. The topological polar surface area (TPSA) is 53.3 Å². The SMILES string of the molecule is Cc1cc(OCC#N)ccc1C1=CCC(Br)C(=O)N1CC(F)F. The first-order chi connectivity index (χ1) is 10.9. The van der Waals surface area contributed by atoms with E-state index in [1.807, 2.05) is 6.07 Å². The molecule has 0 bridgehead atoms. The van der Waals surface area contributed by atoms with Crippen molar-refractivity contribution in [1.82, 2.24) is 4.90 Å². The lowest BCUT2D eigenvalue weighted by atomic mass is 10.00. The standard InChI is InChI=1S/C16H15BrF2N2O2/c1-10-8-11(23-7-6-20)2-3-12(10)14-5-4-13(17)16(22)21(14)9-15(18)19/h2-3,5,8,13,15H,4,7,9H2,1H3. The predicted molar refractivity (Wildman–Crippen MR) is 85.3 cm³/mol. The van der Waals surface area contributed by atoms with Gasteiger partial charge in [-0.15, -0.1) is 0 Å². The third kappa shape index (κ3) is 4.08. The Balaban J connectivity index is 2.34. The van der Waals surface area contributed by atoms with Gasteiger partial charge in [-0.1, -0.05) is 22.0 Å². The molecule has 1 aromatic carbocycles. The first-order valence-corrected chi connectivity index (χ1v) is 7.90. The zero-order chi connectivity index (χ0) is 17.0. The third-order valence-corrected chi connectivity index (χ3v) is 4.21. The van der Waals surface area contributed by atoms with Gasteiger partial charge < -0.3 is 9.64 Å². The van der Waals surface area contributed by atoms with Crippen LogP contribution in [0.15, 0.2) is 24.3 Å². The molecule has 7 heteroatoms. The Morgan fingerprint density at radius 3 is 2.87 bits per heavy atom. The number of aryl methyl sites for hydroxylation is 1. The third-order valence-electron chi connectivity index (χ3n) is 3.44. The molecule has 0 fully saturated rings. The highest BCUT2D eigenvalue weighted by Crippen LogP contribution is 2.32. The summed E-state index contributed by atoms with van der Waals surface area (Å²) in [6.07, 6.45) is -0.389. The van der Waals surface area contributed by atoms with E-state index in [-0.39, 0.29) is 12.5 Å². The van der Waals surface area contributed by atoms with Crippen LogP contribution in [-0.4, -0.2) is 35.2 Å². The van der Waals surface area contributed by atoms with Gasteiger partial charge in [0.15, 0.2) is 6.61 Å². The number of alkyl halides is 3. The first-order valence-electron chi connectivity index (χ1n) is 6.98. The number of amides is 1. The molecule has 1 unspecified atom stereocenters. The summed E-state index contributed by atoms with van der Waals surface area (Å²) in [7, 11) is 0. The van der Waals surface area contributed by atoms with Gasteiger partial charge in [0.1, 0.15) is 11.8 Å². The summed E-state index contributed by atoms with van der Waals surface area (Å²) in [5, 5.41) is 8.52. The molecule has 23 heavy (non-hydrogen) atoms. The highest BCUT2D eigenvalue weighted by atomic mass is 79.9. The average Bonchev–Trinajstić information content (AvgIpc) is 2.50. The van der Waals surface area contributed by atoms with Gasteiger partial charge >= 0.3 is 0 Å². The monoisotopic (exact) mass is 384 g/mol. The molecule has 0 aromatic heterocycles. The van der Waals surface area contributed by atoms with Gasteiger partial charge in [-0.2, -0.15) is 5.26 Å². The fraction of sp³-hybridized carbons (Fsp3) is 0.375. The molecule has 0 saturated heterocycles. The van der Waals surface area contributed by atoms with Crippen molar-refractivity contribution in [2.45, 2.75) is 24.6 Å². The average molecular weight is 385 g/mol. The maximum absolute atomic E-state index is 12.8.